The van der Waals surface area contributed by atoms with Crippen molar-refractivity contribution >= 4 is 17.9 Å². The Hall–Kier alpha value is -2.54. The first-order valence-corrected chi connectivity index (χ1v) is 9.75. The van der Waals surface area contributed by atoms with Crippen LogP contribution in [0.3, 0.4) is 0 Å². The van der Waals surface area contributed by atoms with Gasteiger partial charge in [0, 0.05) is 19.2 Å². The van der Waals surface area contributed by atoms with Crippen LogP contribution in [0.1, 0.15) is 44.1 Å². The number of ether oxygens (including phenoxy) is 3. The molecule has 1 aliphatic carbocycles. The molecule has 0 aromatic heterocycles. The molecule has 0 saturated heterocycles. The minimum atomic E-state index is -0.563. The van der Waals surface area contributed by atoms with Crippen LogP contribution in [0, 0.1) is 0 Å². The minimum absolute atomic E-state index is 0.161. The molecule has 28 heavy (non-hydrogen) atoms. The lowest BCUT2D eigenvalue weighted by atomic mass is 9.98. The smallest absolute Gasteiger partial charge is 0.255 e. The molecule has 1 fully saturated rings. The summed E-state index contributed by atoms with van der Waals surface area (Å²) >= 11 is 0. The maximum Gasteiger partial charge on any atom is 0.255 e. The molecule has 0 atom stereocenters. The quantitative estimate of drug-likeness (QED) is 0.446. The molecular weight excluding hydrogens is 360 g/mol. The zero-order chi connectivity index (χ0) is 20.2. The monoisotopic (exact) mass is 390 g/mol. The van der Waals surface area contributed by atoms with Gasteiger partial charge in [-0.2, -0.15) is 0 Å². The molecule has 154 valence electrons. The van der Waals surface area contributed by atoms with Gasteiger partial charge in [-0.1, -0.05) is 25.3 Å². The summed E-state index contributed by atoms with van der Waals surface area (Å²) in [7, 11) is 1.50. The molecule has 1 aromatic carbocycles. The number of hydrogen-bond donors (Lipinski definition) is 2. The Balaban J connectivity index is 1.71. The van der Waals surface area contributed by atoms with E-state index in [0.29, 0.717) is 30.8 Å². The normalized spacial score (nSPS) is 14.8. The molecule has 7 nitrogen and oxygen atoms in total. The van der Waals surface area contributed by atoms with Crippen LogP contribution in [0.5, 0.6) is 11.5 Å². The number of nitrogens with one attached hydrogen (secondary N) is 1. The van der Waals surface area contributed by atoms with Gasteiger partial charge in [0.15, 0.2) is 18.1 Å². The van der Waals surface area contributed by atoms with Crippen LogP contribution in [0.25, 0.3) is 6.08 Å². The maximum atomic E-state index is 11.9. The molecule has 1 saturated carbocycles. The van der Waals surface area contributed by atoms with Crippen molar-refractivity contribution in [3.8, 4) is 11.5 Å². The van der Waals surface area contributed by atoms with E-state index in [4.69, 9.17) is 19.9 Å². The Labute approximate surface area is 166 Å². The SMILES string of the molecule is COc1cc(/C=C/C(=O)NCCCOC2CCCCC2)ccc1OCC(N)=O. The number of hydrogen-bond acceptors (Lipinski definition) is 5. The summed E-state index contributed by atoms with van der Waals surface area (Å²) in [4.78, 5) is 22.8. The van der Waals surface area contributed by atoms with Crippen molar-refractivity contribution < 1.29 is 23.8 Å². The van der Waals surface area contributed by atoms with E-state index in [2.05, 4.69) is 5.32 Å². The van der Waals surface area contributed by atoms with E-state index < -0.39 is 5.91 Å². The largest absolute Gasteiger partial charge is 0.493 e. The summed E-state index contributed by atoms with van der Waals surface area (Å²) in [5.41, 5.74) is 5.85. The average molecular weight is 390 g/mol. The number of rotatable bonds is 11. The number of carbonyl (C=O) groups is 2. The van der Waals surface area contributed by atoms with Crippen LogP contribution in [-0.4, -0.2) is 44.8 Å². The van der Waals surface area contributed by atoms with E-state index in [-0.39, 0.29) is 12.5 Å². The van der Waals surface area contributed by atoms with Crippen LogP contribution in [0.4, 0.5) is 0 Å². The third kappa shape index (κ3) is 8.00. The van der Waals surface area contributed by atoms with Crippen LogP contribution in [0.2, 0.25) is 0 Å². The fourth-order valence-electron chi connectivity index (χ4n) is 3.05. The number of carbonyl (C=O) groups excluding carboxylic acids is 2. The molecule has 0 aliphatic heterocycles. The predicted molar refractivity (Wildman–Crippen MR) is 107 cm³/mol. The summed E-state index contributed by atoms with van der Waals surface area (Å²) in [5.74, 6) is 0.155. The van der Waals surface area contributed by atoms with Gasteiger partial charge < -0.3 is 25.3 Å². The Kier molecular flexibility index (Phi) is 9.34. The maximum absolute atomic E-state index is 11.9. The molecule has 0 unspecified atom stereocenters. The third-order valence-corrected chi connectivity index (χ3v) is 4.51. The summed E-state index contributed by atoms with van der Waals surface area (Å²) < 4.78 is 16.4. The van der Waals surface area contributed by atoms with E-state index in [1.165, 1.54) is 32.4 Å². The van der Waals surface area contributed by atoms with Crippen LogP contribution < -0.4 is 20.5 Å². The first-order valence-electron chi connectivity index (χ1n) is 9.75. The molecule has 2 rings (SSSR count). The standard InChI is InChI=1S/C21H30N2O5/c1-26-19-14-16(8-10-18(19)28-15-20(22)24)9-11-21(25)23-12-5-13-27-17-6-3-2-4-7-17/h8-11,14,17H,2-7,12-13,15H2,1H3,(H2,22,24)(H,23,25)/b11-9+. The molecular formula is C21H30N2O5. The Morgan fingerprint density at radius 2 is 2.00 bits per heavy atom. The first-order chi connectivity index (χ1) is 13.6. The molecule has 0 spiro atoms. The van der Waals surface area contributed by atoms with E-state index in [9.17, 15) is 9.59 Å². The van der Waals surface area contributed by atoms with Crippen LogP contribution in [0.15, 0.2) is 24.3 Å². The van der Waals surface area contributed by atoms with Crippen LogP contribution in [-0.2, 0) is 14.3 Å². The molecule has 0 radical (unpaired) electrons. The first kappa shape index (κ1) is 21.8. The lowest BCUT2D eigenvalue weighted by Crippen LogP contribution is -2.24. The number of amides is 2. The van der Waals surface area contributed by atoms with Gasteiger partial charge in [0.05, 0.1) is 13.2 Å². The van der Waals surface area contributed by atoms with Crippen molar-refractivity contribution in [2.75, 3.05) is 26.9 Å². The van der Waals surface area contributed by atoms with Gasteiger partial charge in [-0.05, 0) is 43.0 Å². The molecule has 0 bridgehead atoms. The Morgan fingerprint density at radius 3 is 2.71 bits per heavy atom. The minimum Gasteiger partial charge on any atom is -0.493 e. The number of nitrogens with two attached hydrogens (primary N) is 1. The van der Waals surface area contributed by atoms with Crippen molar-refractivity contribution in [1.29, 1.82) is 0 Å². The molecule has 0 heterocycles. The highest BCUT2D eigenvalue weighted by Gasteiger charge is 2.13. The summed E-state index contributed by atoms with van der Waals surface area (Å²) in [6, 6.07) is 5.15. The highest BCUT2D eigenvalue weighted by molar-refractivity contribution is 5.91. The molecule has 3 N–H and O–H groups in total. The van der Waals surface area contributed by atoms with Gasteiger partial charge in [-0.15, -0.1) is 0 Å². The second-order valence-electron chi connectivity index (χ2n) is 6.77. The van der Waals surface area contributed by atoms with Gasteiger partial charge in [0.2, 0.25) is 5.91 Å². The lowest BCUT2D eigenvalue weighted by Gasteiger charge is -2.21. The van der Waals surface area contributed by atoms with E-state index >= 15 is 0 Å². The highest BCUT2D eigenvalue weighted by atomic mass is 16.5. The van der Waals surface area contributed by atoms with Gasteiger partial charge >= 0.3 is 0 Å². The van der Waals surface area contributed by atoms with Crippen molar-refractivity contribution in [3.05, 3.63) is 29.8 Å². The summed E-state index contributed by atoms with van der Waals surface area (Å²) in [5, 5.41) is 2.85. The van der Waals surface area contributed by atoms with Crippen molar-refractivity contribution in [3.63, 3.8) is 0 Å². The van der Waals surface area contributed by atoms with Crippen LogP contribution >= 0.6 is 0 Å². The Bertz CT molecular complexity index is 669. The summed E-state index contributed by atoms with van der Waals surface area (Å²) in [6.45, 7) is 1.04. The second kappa shape index (κ2) is 12.0. The highest BCUT2D eigenvalue weighted by Crippen LogP contribution is 2.28. The zero-order valence-corrected chi connectivity index (χ0v) is 16.4. The second-order valence-corrected chi connectivity index (χ2v) is 6.77. The fraction of sp³-hybridized carbons (Fsp3) is 0.524. The van der Waals surface area contributed by atoms with Crippen molar-refractivity contribution in [2.45, 2.75) is 44.6 Å². The summed E-state index contributed by atoms with van der Waals surface area (Å²) in [6.07, 6.45) is 10.5. The van der Waals surface area contributed by atoms with Gasteiger partial charge in [-0.3, -0.25) is 9.59 Å². The number of methoxy groups -OCH3 is 1. The molecule has 7 heteroatoms. The Morgan fingerprint density at radius 1 is 1.21 bits per heavy atom. The molecule has 1 aromatic rings. The van der Waals surface area contributed by atoms with E-state index in [1.807, 2.05) is 0 Å². The topological polar surface area (TPSA) is 99.9 Å². The van der Waals surface area contributed by atoms with Gasteiger partial charge in [-0.25, -0.2) is 0 Å². The average Bonchev–Trinajstić information content (AvgIpc) is 2.71. The van der Waals surface area contributed by atoms with E-state index in [1.54, 1.807) is 24.3 Å². The van der Waals surface area contributed by atoms with Crippen molar-refractivity contribution in [1.82, 2.24) is 5.32 Å². The predicted octanol–water partition coefficient (Wildman–Crippen LogP) is 2.43. The lowest BCUT2D eigenvalue weighted by molar-refractivity contribution is -0.120. The van der Waals surface area contributed by atoms with Gasteiger partial charge in [0.1, 0.15) is 0 Å². The molecule has 1 aliphatic rings. The third-order valence-electron chi connectivity index (χ3n) is 4.51. The number of benzene rings is 1. The van der Waals surface area contributed by atoms with Crippen molar-refractivity contribution in [2.24, 2.45) is 5.73 Å². The van der Waals surface area contributed by atoms with E-state index in [0.717, 1.165) is 24.8 Å². The fourth-order valence-corrected chi connectivity index (χ4v) is 3.05. The molecule has 2 amide bonds. The zero-order valence-electron chi connectivity index (χ0n) is 16.4. The number of primary amides is 1. The van der Waals surface area contributed by atoms with Gasteiger partial charge in [0.25, 0.3) is 5.91 Å².